The van der Waals surface area contributed by atoms with Crippen molar-refractivity contribution >= 4 is 23.3 Å². The molecule has 3 aromatic heterocycles. The summed E-state index contributed by atoms with van der Waals surface area (Å²) in [5, 5.41) is 0.320. The van der Waals surface area contributed by atoms with Gasteiger partial charge in [-0.1, -0.05) is 6.07 Å². The molecule has 1 unspecified atom stereocenters. The number of pyridine rings is 1. The number of hydrogen-bond donors (Lipinski definition) is 0. The Balaban J connectivity index is 1.57. The minimum atomic E-state index is 0.0619. The zero-order chi connectivity index (χ0) is 16.5. The number of aromatic nitrogens is 2. The second kappa shape index (κ2) is 6.36. The van der Waals surface area contributed by atoms with E-state index in [9.17, 15) is 4.79 Å². The first-order valence-electron chi connectivity index (χ1n) is 8.12. The van der Waals surface area contributed by atoms with Gasteiger partial charge in [-0.15, -0.1) is 11.8 Å². The molecular formula is C18H19N3O2S. The molecule has 4 heterocycles. The van der Waals surface area contributed by atoms with E-state index in [-0.39, 0.29) is 5.91 Å². The Bertz CT molecular complexity index is 856. The normalized spacial score (nSPS) is 18.7. The average molecular weight is 341 g/mol. The molecule has 1 saturated heterocycles. The lowest BCUT2D eigenvalue weighted by molar-refractivity contribution is 0.0758. The average Bonchev–Trinajstić information content (AvgIpc) is 3.15. The molecule has 0 spiro atoms. The molecule has 3 aromatic rings. The van der Waals surface area contributed by atoms with E-state index in [1.54, 1.807) is 6.26 Å². The maximum Gasteiger partial charge on any atom is 0.272 e. The molecule has 1 aliphatic rings. The molecular weight excluding hydrogens is 322 g/mol. The van der Waals surface area contributed by atoms with Crippen molar-refractivity contribution in [2.75, 3.05) is 18.8 Å². The smallest absolute Gasteiger partial charge is 0.272 e. The van der Waals surface area contributed by atoms with E-state index in [2.05, 4.69) is 4.98 Å². The van der Waals surface area contributed by atoms with Gasteiger partial charge < -0.3 is 9.32 Å². The number of carbonyl (C=O) groups excluding carboxylic acids is 1. The Morgan fingerprint density at radius 2 is 2.21 bits per heavy atom. The highest BCUT2D eigenvalue weighted by molar-refractivity contribution is 7.99. The summed E-state index contributed by atoms with van der Waals surface area (Å²) in [4.78, 5) is 19.5. The molecule has 24 heavy (non-hydrogen) atoms. The molecule has 0 aliphatic carbocycles. The molecule has 4 rings (SSSR count). The minimum Gasteiger partial charge on any atom is -0.468 e. The number of thioether (sulfide) groups is 1. The second-order valence-electron chi connectivity index (χ2n) is 5.93. The summed E-state index contributed by atoms with van der Waals surface area (Å²) in [6.07, 6.45) is 4.52. The summed E-state index contributed by atoms with van der Waals surface area (Å²) in [6, 6.07) is 9.73. The highest BCUT2D eigenvalue weighted by Crippen LogP contribution is 2.34. The van der Waals surface area contributed by atoms with Gasteiger partial charge in [-0.05, 0) is 37.6 Å². The van der Waals surface area contributed by atoms with Crippen LogP contribution in [0.3, 0.4) is 0 Å². The van der Waals surface area contributed by atoms with Crippen molar-refractivity contribution in [1.82, 2.24) is 14.3 Å². The van der Waals surface area contributed by atoms with E-state index in [0.717, 1.165) is 42.4 Å². The Hall–Kier alpha value is -2.21. The van der Waals surface area contributed by atoms with Gasteiger partial charge in [0.25, 0.3) is 5.91 Å². The summed E-state index contributed by atoms with van der Waals surface area (Å²) >= 11 is 1.86. The summed E-state index contributed by atoms with van der Waals surface area (Å²) in [5.41, 5.74) is 2.27. The zero-order valence-corrected chi connectivity index (χ0v) is 14.3. The van der Waals surface area contributed by atoms with Crippen LogP contribution in [-0.4, -0.2) is 39.0 Å². The van der Waals surface area contributed by atoms with Gasteiger partial charge in [-0.3, -0.25) is 9.20 Å². The Morgan fingerprint density at radius 3 is 3.04 bits per heavy atom. The molecule has 1 atom stereocenters. The monoisotopic (exact) mass is 341 g/mol. The third kappa shape index (κ3) is 2.71. The quantitative estimate of drug-likeness (QED) is 0.715. The molecule has 124 valence electrons. The molecule has 0 N–H and O–H groups in total. The van der Waals surface area contributed by atoms with Crippen molar-refractivity contribution in [2.45, 2.75) is 18.6 Å². The Morgan fingerprint density at radius 1 is 1.29 bits per heavy atom. The maximum atomic E-state index is 13.1. The summed E-state index contributed by atoms with van der Waals surface area (Å²) in [7, 11) is 0. The van der Waals surface area contributed by atoms with Crippen LogP contribution in [0.2, 0.25) is 0 Å². The van der Waals surface area contributed by atoms with E-state index >= 15 is 0 Å². The fourth-order valence-corrected chi connectivity index (χ4v) is 4.38. The predicted octanol–water partition coefficient (Wildman–Crippen LogP) is 3.56. The van der Waals surface area contributed by atoms with E-state index < -0.39 is 0 Å². The summed E-state index contributed by atoms with van der Waals surface area (Å²) in [5.74, 6) is 1.97. The summed E-state index contributed by atoms with van der Waals surface area (Å²) < 4.78 is 7.42. The molecule has 0 saturated carbocycles. The number of imidazole rings is 1. The van der Waals surface area contributed by atoms with Crippen molar-refractivity contribution in [3.05, 3.63) is 59.9 Å². The number of carbonyl (C=O) groups is 1. The third-order valence-corrected chi connectivity index (χ3v) is 5.68. The number of fused-ring (bicyclic) bond motifs is 1. The zero-order valence-electron chi connectivity index (χ0n) is 13.5. The first-order chi connectivity index (χ1) is 11.7. The predicted molar refractivity (Wildman–Crippen MR) is 94.4 cm³/mol. The van der Waals surface area contributed by atoms with Crippen molar-refractivity contribution in [3.8, 4) is 0 Å². The van der Waals surface area contributed by atoms with Crippen LogP contribution in [0.1, 0.15) is 33.6 Å². The first kappa shape index (κ1) is 15.3. The van der Waals surface area contributed by atoms with Gasteiger partial charge in [0.1, 0.15) is 17.1 Å². The van der Waals surface area contributed by atoms with Gasteiger partial charge in [0.05, 0.1) is 17.2 Å². The lowest BCUT2D eigenvalue weighted by Crippen LogP contribution is -2.34. The number of furan rings is 1. The van der Waals surface area contributed by atoms with Crippen LogP contribution in [0.5, 0.6) is 0 Å². The number of aryl methyl sites for hydroxylation is 1. The van der Waals surface area contributed by atoms with Crippen LogP contribution < -0.4 is 0 Å². The van der Waals surface area contributed by atoms with Crippen molar-refractivity contribution in [3.63, 3.8) is 0 Å². The van der Waals surface area contributed by atoms with Crippen molar-refractivity contribution < 1.29 is 9.21 Å². The van der Waals surface area contributed by atoms with Crippen LogP contribution >= 0.6 is 11.8 Å². The van der Waals surface area contributed by atoms with Gasteiger partial charge in [-0.2, -0.15) is 0 Å². The lowest BCUT2D eigenvalue weighted by atomic mass is 10.2. The first-order valence-corrected chi connectivity index (χ1v) is 9.17. The molecule has 5 nitrogen and oxygen atoms in total. The van der Waals surface area contributed by atoms with Gasteiger partial charge >= 0.3 is 0 Å². The largest absolute Gasteiger partial charge is 0.468 e. The minimum absolute atomic E-state index is 0.0619. The molecule has 1 amide bonds. The van der Waals surface area contributed by atoms with Crippen LogP contribution in [0.15, 0.2) is 47.2 Å². The molecule has 6 heteroatoms. The van der Waals surface area contributed by atoms with Gasteiger partial charge in [0.2, 0.25) is 0 Å². The number of hydrogen-bond acceptors (Lipinski definition) is 4. The van der Waals surface area contributed by atoms with Gasteiger partial charge in [-0.25, -0.2) is 4.98 Å². The molecule has 0 radical (unpaired) electrons. The maximum absolute atomic E-state index is 13.1. The molecule has 0 aromatic carbocycles. The highest BCUT2D eigenvalue weighted by Gasteiger charge is 2.27. The van der Waals surface area contributed by atoms with E-state index in [0.29, 0.717) is 10.9 Å². The fourth-order valence-electron chi connectivity index (χ4n) is 3.20. The molecule has 1 fully saturated rings. The fraction of sp³-hybridized carbons (Fsp3) is 0.333. The molecule has 1 aliphatic heterocycles. The topological polar surface area (TPSA) is 50.8 Å². The SMILES string of the molecule is Cc1nc2ccccn2c1C(=O)N1CCSC(c2ccco2)CC1. The third-order valence-electron chi connectivity index (χ3n) is 4.40. The van der Waals surface area contributed by atoms with Crippen LogP contribution in [0.4, 0.5) is 0 Å². The summed E-state index contributed by atoms with van der Waals surface area (Å²) in [6.45, 7) is 3.38. The van der Waals surface area contributed by atoms with E-state index in [1.807, 2.05) is 64.5 Å². The number of rotatable bonds is 2. The Labute approximate surface area is 144 Å². The van der Waals surface area contributed by atoms with Crippen molar-refractivity contribution in [2.24, 2.45) is 0 Å². The van der Waals surface area contributed by atoms with Crippen molar-refractivity contribution in [1.29, 1.82) is 0 Å². The van der Waals surface area contributed by atoms with Crippen LogP contribution in [-0.2, 0) is 0 Å². The van der Waals surface area contributed by atoms with E-state index in [1.165, 1.54) is 0 Å². The van der Waals surface area contributed by atoms with Crippen LogP contribution in [0.25, 0.3) is 5.65 Å². The van der Waals surface area contributed by atoms with Gasteiger partial charge in [0.15, 0.2) is 0 Å². The number of amides is 1. The van der Waals surface area contributed by atoms with Gasteiger partial charge in [0, 0.05) is 25.0 Å². The van der Waals surface area contributed by atoms with E-state index in [4.69, 9.17) is 4.42 Å². The Kier molecular flexibility index (Phi) is 4.06. The lowest BCUT2D eigenvalue weighted by Gasteiger charge is -2.20. The second-order valence-corrected chi connectivity index (χ2v) is 7.24. The van der Waals surface area contributed by atoms with Crippen LogP contribution in [0, 0.1) is 6.92 Å². The standard InChI is InChI=1S/C18H19N3O2S/c1-13-17(21-8-3-2-6-16(21)19-13)18(22)20-9-7-15(24-12-10-20)14-5-4-11-23-14/h2-6,8,11,15H,7,9-10,12H2,1H3. The molecule has 0 bridgehead atoms. The highest BCUT2D eigenvalue weighted by atomic mass is 32.2. The number of nitrogens with zero attached hydrogens (tertiary/aromatic N) is 3.